The van der Waals surface area contributed by atoms with E-state index >= 15 is 0 Å². The molecule has 3 aromatic rings. The summed E-state index contributed by atoms with van der Waals surface area (Å²) < 4.78 is 10.6. The highest BCUT2D eigenvalue weighted by Crippen LogP contribution is 2.30. The lowest BCUT2D eigenvalue weighted by Gasteiger charge is -2.18. The van der Waals surface area contributed by atoms with E-state index in [0.29, 0.717) is 29.4 Å². The Morgan fingerprint density at radius 2 is 1.72 bits per heavy atom. The molecule has 0 bridgehead atoms. The van der Waals surface area contributed by atoms with Gasteiger partial charge in [-0.05, 0) is 72.1 Å². The molecule has 7 heteroatoms. The number of benzene rings is 3. The first-order valence-corrected chi connectivity index (χ1v) is 10.6. The first-order chi connectivity index (χ1) is 15.5. The van der Waals surface area contributed by atoms with E-state index in [4.69, 9.17) is 21.1 Å². The van der Waals surface area contributed by atoms with E-state index in [-0.39, 0.29) is 18.4 Å². The second kappa shape index (κ2) is 9.75. The summed E-state index contributed by atoms with van der Waals surface area (Å²) in [7, 11) is 1.59. The molecule has 0 radical (unpaired) electrons. The number of methoxy groups -OCH3 is 1. The predicted molar refractivity (Wildman–Crippen MR) is 124 cm³/mol. The van der Waals surface area contributed by atoms with Gasteiger partial charge in [-0.3, -0.25) is 9.59 Å². The molecule has 0 fully saturated rings. The van der Waals surface area contributed by atoms with Crippen LogP contribution in [0.3, 0.4) is 0 Å². The van der Waals surface area contributed by atoms with Gasteiger partial charge in [0, 0.05) is 29.4 Å². The highest BCUT2D eigenvalue weighted by atomic mass is 35.5. The topological polar surface area (TPSA) is 67.9 Å². The second-order valence-corrected chi connectivity index (χ2v) is 7.85. The van der Waals surface area contributed by atoms with Gasteiger partial charge < -0.3 is 19.7 Å². The average Bonchev–Trinajstić information content (AvgIpc) is 3.25. The maximum Gasteiger partial charge on any atom is 0.258 e. The van der Waals surface area contributed by atoms with Gasteiger partial charge >= 0.3 is 0 Å². The van der Waals surface area contributed by atoms with Crippen molar-refractivity contribution in [3.05, 3.63) is 88.4 Å². The molecule has 6 nitrogen and oxygen atoms in total. The standard InChI is InChI=1S/C25H23ClN2O4/c1-31-21-8-10-22(11-9-21)32-16-24(29)27-15-17-2-3-18-12-13-28(23(18)14-17)25(30)19-4-6-20(26)7-5-19/h2-11,14H,12-13,15-16H2,1H3,(H,27,29). The molecule has 1 aliphatic heterocycles. The van der Waals surface area contributed by atoms with Crippen LogP contribution in [0.1, 0.15) is 21.5 Å². The van der Waals surface area contributed by atoms with Crippen LogP contribution in [0.2, 0.25) is 5.02 Å². The van der Waals surface area contributed by atoms with Crippen LogP contribution in [0.15, 0.2) is 66.7 Å². The van der Waals surface area contributed by atoms with Crippen molar-refractivity contribution in [1.29, 1.82) is 0 Å². The molecule has 164 valence electrons. The fourth-order valence-electron chi connectivity index (χ4n) is 3.57. The second-order valence-electron chi connectivity index (χ2n) is 7.42. The van der Waals surface area contributed by atoms with E-state index in [0.717, 1.165) is 29.0 Å². The van der Waals surface area contributed by atoms with Crippen LogP contribution in [0.5, 0.6) is 11.5 Å². The summed E-state index contributed by atoms with van der Waals surface area (Å²) in [5.74, 6) is 1.03. The molecule has 3 aromatic carbocycles. The Bertz CT molecular complexity index is 1110. The van der Waals surface area contributed by atoms with Crippen LogP contribution in [0, 0.1) is 0 Å². The normalized spacial score (nSPS) is 12.2. The van der Waals surface area contributed by atoms with Crippen molar-refractivity contribution in [2.24, 2.45) is 0 Å². The van der Waals surface area contributed by atoms with E-state index < -0.39 is 0 Å². The molecule has 0 unspecified atom stereocenters. The molecule has 32 heavy (non-hydrogen) atoms. The number of hydrogen-bond acceptors (Lipinski definition) is 4. The lowest BCUT2D eigenvalue weighted by atomic mass is 10.1. The van der Waals surface area contributed by atoms with Crippen molar-refractivity contribution in [3.63, 3.8) is 0 Å². The molecule has 4 rings (SSSR count). The molecule has 1 heterocycles. The Morgan fingerprint density at radius 1 is 1.00 bits per heavy atom. The molecule has 2 amide bonds. The minimum Gasteiger partial charge on any atom is -0.497 e. The Kier molecular flexibility index (Phi) is 6.61. The number of rotatable bonds is 7. The largest absolute Gasteiger partial charge is 0.497 e. The molecule has 1 aliphatic rings. The molecule has 0 aromatic heterocycles. The Balaban J connectivity index is 1.35. The zero-order valence-electron chi connectivity index (χ0n) is 17.6. The van der Waals surface area contributed by atoms with E-state index in [1.54, 1.807) is 60.5 Å². The summed E-state index contributed by atoms with van der Waals surface area (Å²) in [4.78, 5) is 26.9. The van der Waals surface area contributed by atoms with Gasteiger partial charge in [0.2, 0.25) is 0 Å². The third kappa shape index (κ3) is 5.03. The molecular formula is C25H23ClN2O4. The molecule has 0 spiro atoms. The van der Waals surface area contributed by atoms with Gasteiger partial charge in [-0.2, -0.15) is 0 Å². The number of carbonyl (C=O) groups is 2. The third-order valence-corrected chi connectivity index (χ3v) is 5.55. The van der Waals surface area contributed by atoms with Crippen molar-refractivity contribution >= 4 is 29.1 Å². The fourth-order valence-corrected chi connectivity index (χ4v) is 3.69. The van der Waals surface area contributed by atoms with E-state index in [1.165, 1.54) is 0 Å². The molecular weight excluding hydrogens is 428 g/mol. The first kappa shape index (κ1) is 21.7. The fraction of sp³-hybridized carbons (Fsp3) is 0.200. The van der Waals surface area contributed by atoms with Gasteiger partial charge in [0.1, 0.15) is 11.5 Å². The van der Waals surface area contributed by atoms with Gasteiger partial charge in [0.15, 0.2) is 6.61 Å². The molecule has 0 aliphatic carbocycles. The lowest BCUT2D eigenvalue weighted by molar-refractivity contribution is -0.123. The number of carbonyl (C=O) groups excluding carboxylic acids is 2. The minimum atomic E-state index is -0.226. The van der Waals surface area contributed by atoms with Crippen LogP contribution in [-0.2, 0) is 17.8 Å². The average molecular weight is 451 g/mol. The summed E-state index contributed by atoms with van der Waals surface area (Å²) >= 11 is 5.93. The zero-order chi connectivity index (χ0) is 22.5. The highest BCUT2D eigenvalue weighted by molar-refractivity contribution is 6.30. The van der Waals surface area contributed by atoms with Gasteiger partial charge in [-0.15, -0.1) is 0 Å². The van der Waals surface area contributed by atoms with E-state index in [2.05, 4.69) is 5.32 Å². The number of nitrogens with zero attached hydrogens (tertiary/aromatic N) is 1. The monoisotopic (exact) mass is 450 g/mol. The van der Waals surface area contributed by atoms with Gasteiger partial charge in [0.05, 0.1) is 7.11 Å². The molecule has 1 N–H and O–H groups in total. The van der Waals surface area contributed by atoms with E-state index in [1.807, 2.05) is 18.2 Å². The van der Waals surface area contributed by atoms with Gasteiger partial charge in [-0.25, -0.2) is 0 Å². The maximum absolute atomic E-state index is 12.9. The van der Waals surface area contributed by atoms with Crippen LogP contribution < -0.4 is 19.7 Å². The number of halogens is 1. The summed E-state index contributed by atoms with van der Waals surface area (Å²) in [5.41, 5.74) is 3.51. The van der Waals surface area contributed by atoms with Crippen molar-refractivity contribution in [2.45, 2.75) is 13.0 Å². The maximum atomic E-state index is 12.9. The number of fused-ring (bicyclic) bond motifs is 1. The number of ether oxygens (including phenoxy) is 2. The van der Waals surface area contributed by atoms with Crippen molar-refractivity contribution < 1.29 is 19.1 Å². The number of amides is 2. The predicted octanol–water partition coefficient (Wildman–Crippen LogP) is 4.25. The number of hydrogen-bond donors (Lipinski definition) is 1. The number of anilines is 1. The summed E-state index contributed by atoms with van der Waals surface area (Å²) in [5, 5.41) is 3.45. The summed E-state index contributed by atoms with van der Waals surface area (Å²) in [6.07, 6.45) is 0.803. The zero-order valence-corrected chi connectivity index (χ0v) is 18.4. The molecule has 0 saturated carbocycles. The quantitative estimate of drug-likeness (QED) is 0.584. The highest BCUT2D eigenvalue weighted by Gasteiger charge is 2.25. The third-order valence-electron chi connectivity index (χ3n) is 5.30. The van der Waals surface area contributed by atoms with Gasteiger partial charge in [0.25, 0.3) is 11.8 Å². The van der Waals surface area contributed by atoms with Crippen LogP contribution in [0.25, 0.3) is 0 Å². The van der Waals surface area contributed by atoms with Crippen LogP contribution in [-0.4, -0.2) is 32.1 Å². The van der Waals surface area contributed by atoms with Crippen molar-refractivity contribution in [3.8, 4) is 11.5 Å². The SMILES string of the molecule is COc1ccc(OCC(=O)NCc2ccc3c(c2)N(C(=O)c2ccc(Cl)cc2)CC3)cc1. The number of nitrogens with one attached hydrogen (secondary N) is 1. The first-order valence-electron chi connectivity index (χ1n) is 10.3. The molecule has 0 atom stereocenters. The van der Waals surface area contributed by atoms with Gasteiger partial charge in [-0.1, -0.05) is 23.7 Å². The van der Waals surface area contributed by atoms with Crippen LogP contribution in [0.4, 0.5) is 5.69 Å². The Hall–Kier alpha value is -3.51. The summed E-state index contributed by atoms with van der Waals surface area (Å²) in [6.45, 7) is 0.891. The summed E-state index contributed by atoms with van der Waals surface area (Å²) in [6, 6.07) is 19.9. The lowest BCUT2D eigenvalue weighted by Crippen LogP contribution is -2.29. The minimum absolute atomic E-state index is 0.0607. The van der Waals surface area contributed by atoms with Crippen molar-refractivity contribution in [1.82, 2.24) is 5.32 Å². The van der Waals surface area contributed by atoms with Crippen molar-refractivity contribution in [2.75, 3.05) is 25.2 Å². The Labute approximate surface area is 191 Å². The smallest absolute Gasteiger partial charge is 0.258 e. The van der Waals surface area contributed by atoms with Crippen LogP contribution >= 0.6 is 11.6 Å². The molecule has 0 saturated heterocycles. The van der Waals surface area contributed by atoms with E-state index in [9.17, 15) is 9.59 Å². The Morgan fingerprint density at radius 3 is 2.44 bits per heavy atom.